The van der Waals surface area contributed by atoms with Crippen LogP contribution >= 0.6 is 11.3 Å². The molecule has 6 nitrogen and oxygen atoms in total. The molecule has 0 unspecified atom stereocenters. The number of nitrogens with two attached hydrogens (primary N) is 2. The third-order valence-corrected chi connectivity index (χ3v) is 2.73. The van der Waals surface area contributed by atoms with Crippen molar-refractivity contribution in [2.45, 2.75) is 6.54 Å². The van der Waals surface area contributed by atoms with Gasteiger partial charge in [-0.05, 0) is 6.07 Å². The number of amides is 1. The maximum atomic E-state index is 11.2. The minimum atomic E-state index is -0.564. The van der Waals surface area contributed by atoms with Gasteiger partial charge in [-0.15, -0.1) is 11.3 Å². The molecular formula is C10H11N5OS. The SMILES string of the molecule is NC(=O)c1cc(N)cnc1NCc1cscn1. The number of nitrogen functional groups attached to an aromatic ring is 1. The van der Waals surface area contributed by atoms with Crippen molar-refractivity contribution in [3.63, 3.8) is 0 Å². The smallest absolute Gasteiger partial charge is 0.252 e. The third kappa shape index (κ3) is 2.70. The molecule has 2 aromatic heterocycles. The number of hydrogen-bond donors (Lipinski definition) is 3. The van der Waals surface area contributed by atoms with Crippen LogP contribution in [0.4, 0.5) is 11.5 Å². The Balaban J connectivity index is 2.17. The Kier molecular flexibility index (Phi) is 3.20. The van der Waals surface area contributed by atoms with Crippen LogP contribution in [-0.2, 0) is 6.54 Å². The Morgan fingerprint density at radius 3 is 2.94 bits per heavy atom. The zero-order valence-corrected chi connectivity index (χ0v) is 9.70. The molecule has 0 saturated carbocycles. The number of nitrogens with zero attached hydrogens (tertiary/aromatic N) is 2. The van der Waals surface area contributed by atoms with E-state index >= 15 is 0 Å². The number of carbonyl (C=O) groups excluding carboxylic acids is 1. The maximum absolute atomic E-state index is 11.2. The van der Waals surface area contributed by atoms with Gasteiger partial charge in [0.15, 0.2) is 0 Å². The zero-order chi connectivity index (χ0) is 12.3. The van der Waals surface area contributed by atoms with Crippen LogP contribution in [0.2, 0.25) is 0 Å². The highest BCUT2D eigenvalue weighted by Gasteiger charge is 2.10. The Labute approximate surface area is 102 Å². The van der Waals surface area contributed by atoms with Crippen molar-refractivity contribution < 1.29 is 4.79 Å². The summed E-state index contributed by atoms with van der Waals surface area (Å²) in [5.41, 5.74) is 14.1. The van der Waals surface area contributed by atoms with Crippen molar-refractivity contribution in [2.75, 3.05) is 11.1 Å². The molecule has 2 rings (SSSR count). The van der Waals surface area contributed by atoms with Crippen molar-refractivity contribution in [1.82, 2.24) is 9.97 Å². The van der Waals surface area contributed by atoms with Crippen molar-refractivity contribution in [3.05, 3.63) is 34.4 Å². The van der Waals surface area contributed by atoms with Crippen LogP contribution in [0.25, 0.3) is 0 Å². The molecule has 5 N–H and O–H groups in total. The van der Waals surface area contributed by atoms with Crippen molar-refractivity contribution in [1.29, 1.82) is 0 Å². The standard InChI is InChI=1S/C10H11N5OS/c11-6-1-8(9(12)16)10(13-2-6)14-3-7-4-17-5-15-7/h1-2,4-5H,3,11H2,(H2,12,16)(H,13,14). The van der Waals surface area contributed by atoms with Crippen LogP contribution in [0.3, 0.4) is 0 Å². The fraction of sp³-hybridized carbons (Fsp3) is 0.100. The molecule has 17 heavy (non-hydrogen) atoms. The van der Waals surface area contributed by atoms with Crippen LogP contribution in [0.1, 0.15) is 16.1 Å². The first-order valence-electron chi connectivity index (χ1n) is 4.83. The van der Waals surface area contributed by atoms with Gasteiger partial charge in [-0.2, -0.15) is 0 Å². The molecule has 88 valence electrons. The Bertz CT molecular complexity index is 525. The van der Waals surface area contributed by atoms with E-state index in [-0.39, 0.29) is 5.56 Å². The predicted octanol–water partition coefficient (Wildman–Crippen LogP) is 0.831. The monoisotopic (exact) mass is 249 g/mol. The second kappa shape index (κ2) is 4.79. The van der Waals surface area contributed by atoms with Gasteiger partial charge in [-0.1, -0.05) is 0 Å². The van der Waals surface area contributed by atoms with E-state index in [2.05, 4.69) is 15.3 Å². The van der Waals surface area contributed by atoms with E-state index in [1.807, 2.05) is 5.38 Å². The van der Waals surface area contributed by atoms with Gasteiger partial charge in [0.2, 0.25) is 0 Å². The lowest BCUT2D eigenvalue weighted by atomic mass is 10.2. The van der Waals surface area contributed by atoms with E-state index in [9.17, 15) is 4.79 Å². The van der Waals surface area contributed by atoms with E-state index in [0.717, 1.165) is 5.69 Å². The van der Waals surface area contributed by atoms with E-state index < -0.39 is 5.91 Å². The first-order chi connectivity index (χ1) is 8.16. The third-order valence-electron chi connectivity index (χ3n) is 2.09. The number of primary amides is 1. The largest absolute Gasteiger partial charge is 0.397 e. The lowest BCUT2D eigenvalue weighted by molar-refractivity contribution is 0.100. The second-order valence-corrected chi connectivity index (χ2v) is 4.08. The average molecular weight is 249 g/mol. The second-order valence-electron chi connectivity index (χ2n) is 3.36. The molecule has 0 fully saturated rings. The van der Waals surface area contributed by atoms with Crippen molar-refractivity contribution >= 4 is 28.7 Å². The normalized spacial score (nSPS) is 10.1. The highest BCUT2D eigenvalue weighted by Crippen LogP contribution is 2.15. The molecule has 0 aliphatic rings. The molecule has 1 amide bonds. The summed E-state index contributed by atoms with van der Waals surface area (Å²) in [6.07, 6.45) is 1.47. The van der Waals surface area contributed by atoms with Crippen molar-refractivity contribution in [2.24, 2.45) is 5.73 Å². The molecule has 2 aromatic rings. The summed E-state index contributed by atoms with van der Waals surface area (Å²) in [6.45, 7) is 0.487. The molecule has 2 heterocycles. The minimum absolute atomic E-state index is 0.278. The molecule has 0 aromatic carbocycles. The van der Waals surface area contributed by atoms with Gasteiger partial charge in [-0.25, -0.2) is 9.97 Å². The van der Waals surface area contributed by atoms with Crippen LogP contribution in [0.15, 0.2) is 23.2 Å². The average Bonchev–Trinajstić information content (AvgIpc) is 2.80. The fourth-order valence-electron chi connectivity index (χ4n) is 1.31. The Morgan fingerprint density at radius 2 is 2.29 bits per heavy atom. The number of pyridine rings is 1. The summed E-state index contributed by atoms with van der Waals surface area (Å²) in [7, 11) is 0. The van der Waals surface area contributed by atoms with Crippen LogP contribution < -0.4 is 16.8 Å². The number of rotatable bonds is 4. The molecule has 0 atom stereocenters. The van der Waals surface area contributed by atoms with E-state index in [1.165, 1.54) is 23.6 Å². The molecule has 0 spiro atoms. The number of carbonyl (C=O) groups is 1. The zero-order valence-electron chi connectivity index (χ0n) is 8.88. The highest BCUT2D eigenvalue weighted by atomic mass is 32.1. The summed E-state index contributed by atoms with van der Waals surface area (Å²) in [6, 6.07) is 1.50. The molecule has 0 saturated heterocycles. The van der Waals surface area contributed by atoms with Gasteiger partial charge in [-0.3, -0.25) is 4.79 Å². The summed E-state index contributed by atoms with van der Waals surface area (Å²) < 4.78 is 0. The van der Waals surface area contributed by atoms with Gasteiger partial charge in [0, 0.05) is 5.38 Å². The molecule has 0 bridgehead atoms. The summed E-state index contributed by atoms with van der Waals surface area (Å²) in [4.78, 5) is 19.4. The number of hydrogen-bond acceptors (Lipinski definition) is 6. The van der Waals surface area contributed by atoms with Crippen molar-refractivity contribution in [3.8, 4) is 0 Å². The number of aromatic nitrogens is 2. The highest BCUT2D eigenvalue weighted by molar-refractivity contribution is 7.07. The summed E-state index contributed by atoms with van der Waals surface area (Å²) >= 11 is 1.50. The molecule has 0 aliphatic carbocycles. The van der Waals surface area contributed by atoms with Gasteiger partial charge in [0.25, 0.3) is 5.91 Å². The molecule has 0 radical (unpaired) electrons. The quantitative estimate of drug-likeness (QED) is 0.744. The summed E-state index contributed by atoms with van der Waals surface area (Å²) in [5.74, 6) is -0.148. The lowest BCUT2D eigenvalue weighted by Gasteiger charge is -2.08. The summed E-state index contributed by atoms with van der Waals surface area (Å²) in [5, 5.41) is 4.91. The fourth-order valence-corrected chi connectivity index (χ4v) is 1.87. The van der Waals surface area contributed by atoms with Gasteiger partial charge in [0.1, 0.15) is 5.82 Å². The number of thiazole rings is 1. The number of nitrogens with one attached hydrogen (secondary N) is 1. The van der Waals surface area contributed by atoms with E-state index in [0.29, 0.717) is 18.1 Å². The maximum Gasteiger partial charge on any atom is 0.252 e. The first-order valence-corrected chi connectivity index (χ1v) is 5.77. The molecule has 0 aliphatic heterocycles. The molecular weight excluding hydrogens is 238 g/mol. The van der Waals surface area contributed by atoms with E-state index in [1.54, 1.807) is 5.51 Å². The van der Waals surface area contributed by atoms with E-state index in [4.69, 9.17) is 11.5 Å². The van der Waals surface area contributed by atoms with Gasteiger partial charge in [0.05, 0.1) is 35.2 Å². The van der Waals surface area contributed by atoms with Crippen LogP contribution in [0, 0.1) is 0 Å². The Morgan fingerprint density at radius 1 is 1.47 bits per heavy atom. The Hall–Kier alpha value is -2.15. The first kappa shape index (κ1) is 11.3. The predicted molar refractivity (Wildman–Crippen MR) is 66.6 cm³/mol. The van der Waals surface area contributed by atoms with Gasteiger partial charge >= 0.3 is 0 Å². The minimum Gasteiger partial charge on any atom is -0.397 e. The number of anilines is 2. The topological polar surface area (TPSA) is 107 Å². The lowest BCUT2D eigenvalue weighted by Crippen LogP contribution is -2.16. The van der Waals surface area contributed by atoms with Crippen LogP contribution in [0.5, 0.6) is 0 Å². The molecule has 7 heteroatoms. The van der Waals surface area contributed by atoms with Gasteiger partial charge < -0.3 is 16.8 Å². The van der Waals surface area contributed by atoms with Crippen LogP contribution in [-0.4, -0.2) is 15.9 Å².